The van der Waals surface area contributed by atoms with Gasteiger partial charge in [-0.15, -0.1) is 0 Å². The molecule has 120 valence electrons. The van der Waals surface area contributed by atoms with Gasteiger partial charge in [0.2, 0.25) is 10.0 Å². The standard InChI is InChI=1S/C11H13ClF3NO4S/c12-8-1-2-10(9(7-8)11(13,14)15)21(18,19)16-3-5-20-6-4-17/h1-2,7,16-17H,3-6H2. The molecule has 1 aromatic carbocycles. The summed E-state index contributed by atoms with van der Waals surface area (Å²) in [5.41, 5.74) is -1.33. The first kappa shape index (κ1) is 18.2. The van der Waals surface area contributed by atoms with Crippen LogP contribution in [-0.4, -0.2) is 39.9 Å². The Morgan fingerprint density at radius 3 is 2.52 bits per heavy atom. The fraction of sp³-hybridized carbons (Fsp3) is 0.455. The van der Waals surface area contributed by atoms with E-state index in [2.05, 4.69) is 0 Å². The molecule has 0 atom stereocenters. The van der Waals surface area contributed by atoms with Gasteiger partial charge in [-0.1, -0.05) is 11.6 Å². The van der Waals surface area contributed by atoms with Crippen LogP contribution in [0.25, 0.3) is 0 Å². The third-order valence-electron chi connectivity index (χ3n) is 2.31. The predicted octanol–water partition coefficient (Wildman–Crippen LogP) is 1.65. The molecule has 0 aliphatic rings. The van der Waals surface area contributed by atoms with Crippen LogP contribution in [0.2, 0.25) is 5.02 Å². The zero-order valence-corrected chi connectivity index (χ0v) is 12.2. The summed E-state index contributed by atoms with van der Waals surface area (Å²) in [7, 11) is -4.35. The van der Waals surface area contributed by atoms with Crippen LogP contribution < -0.4 is 4.72 Å². The Balaban J connectivity index is 2.93. The predicted molar refractivity (Wildman–Crippen MR) is 69.5 cm³/mol. The van der Waals surface area contributed by atoms with Gasteiger partial charge in [0.25, 0.3) is 0 Å². The molecule has 0 aliphatic carbocycles. The highest BCUT2D eigenvalue weighted by Crippen LogP contribution is 2.35. The Bertz CT molecular complexity index is 577. The third-order valence-corrected chi connectivity index (χ3v) is 4.06. The minimum absolute atomic E-state index is 0.0104. The molecule has 10 heteroatoms. The highest BCUT2D eigenvalue weighted by atomic mass is 35.5. The maximum absolute atomic E-state index is 12.8. The van der Waals surface area contributed by atoms with Crippen LogP contribution in [0.5, 0.6) is 0 Å². The Hall–Kier alpha value is -0.870. The summed E-state index contributed by atoms with van der Waals surface area (Å²) in [6.07, 6.45) is -4.84. The van der Waals surface area contributed by atoms with Crippen LogP contribution in [0.4, 0.5) is 13.2 Å². The van der Waals surface area contributed by atoms with Gasteiger partial charge in [-0.25, -0.2) is 13.1 Å². The minimum Gasteiger partial charge on any atom is -0.394 e. The van der Waals surface area contributed by atoms with E-state index in [1.165, 1.54) is 0 Å². The third kappa shape index (κ3) is 5.44. The van der Waals surface area contributed by atoms with Gasteiger partial charge in [-0.05, 0) is 18.2 Å². The Morgan fingerprint density at radius 2 is 1.95 bits per heavy atom. The molecule has 2 N–H and O–H groups in total. The van der Waals surface area contributed by atoms with Gasteiger partial charge in [0.1, 0.15) is 0 Å². The van der Waals surface area contributed by atoms with E-state index < -0.39 is 26.7 Å². The van der Waals surface area contributed by atoms with Gasteiger partial charge in [0.05, 0.1) is 30.3 Å². The largest absolute Gasteiger partial charge is 0.417 e. The van der Waals surface area contributed by atoms with Gasteiger partial charge in [0, 0.05) is 11.6 Å². The van der Waals surface area contributed by atoms with Crippen molar-refractivity contribution < 1.29 is 31.4 Å². The number of ether oxygens (including phenoxy) is 1. The molecule has 0 bridgehead atoms. The van der Waals surface area contributed by atoms with E-state index in [0.717, 1.165) is 12.1 Å². The summed E-state index contributed by atoms with van der Waals surface area (Å²) in [6.45, 7) is -0.518. The first-order valence-electron chi connectivity index (χ1n) is 5.73. The number of benzene rings is 1. The molecule has 1 rings (SSSR count). The van der Waals surface area contributed by atoms with E-state index in [0.29, 0.717) is 6.07 Å². The number of sulfonamides is 1. The molecule has 0 saturated carbocycles. The van der Waals surface area contributed by atoms with E-state index in [9.17, 15) is 21.6 Å². The van der Waals surface area contributed by atoms with Crippen LogP contribution in [0, 0.1) is 0 Å². The first-order valence-corrected chi connectivity index (χ1v) is 7.59. The van der Waals surface area contributed by atoms with Crippen molar-refractivity contribution in [3.8, 4) is 0 Å². The van der Waals surface area contributed by atoms with Crippen molar-refractivity contribution in [3.63, 3.8) is 0 Å². The average molecular weight is 348 g/mol. The molecule has 0 aliphatic heterocycles. The zero-order chi connectivity index (χ0) is 16.1. The van der Waals surface area contributed by atoms with Crippen molar-refractivity contribution in [1.82, 2.24) is 4.72 Å². The van der Waals surface area contributed by atoms with Crippen molar-refractivity contribution in [2.75, 3.05) is 26.4 Å². The molecular weight excluding hydrogens is 335 g/mol. The monoisotopic (exact) mass is 347 g/mol. The quantitative estimate of drug-likeness (QED) is 0.735. The van der Waals surface area contributed by atoms with Crippen molar-refractivity contribution >= 4 is 21.6 Å². The highest BCUT2D eigenvalue weighted by molar-refractivity contribution is 7.89. The van der Waals surface area contributed by atoms with Crippen LogP contribution in [0.1, 0.15) is 5.56 Å². The van der Waals surface area contributed by atoms with Crippen LogP contribution in [0.3, 0.4) is 0 Å². The van der Waals surface area contributed by atoms with Crippen LogP contribution >= 0.6 is 11.6 Å². The van der Waals surface area contributed by atoms with Crippen molar-refractivity contribution in [2.45, 2.75) is 11.1 Å². The lowest BCUT2D eigenvalue weighted by Gasteiger charge is -2.14. The fourth-order valence-electron chi connectivity index (χ4n) is 1.45. The lowest BCUT2D eigenvalue weighted by Crippen LogP contribution is -2.29. The second-order valence-electron chi connectivity index (χ2n) is 3.87. The molecule has 0 saturated heterocycles. The lowest BCUT2D eigenvalue weighted by atomic mass is 10.2. The first-order chi connectivity index (χ1) is 9.68. The second-order valence-corrected chi connectivity index (χ2v) is 6.04. The highest BCUT2D eigenvalue weighted by Gasteiger charge is 2.37. The van der Waals surface area contributed by atoms with E-state index in [4.69, 9.17) is 21.4 Å². The number of rotatable bonds is 7. The molecule has 5 nitrogen and oxygen atoms in total. The molecule has 21 heavy (non-hydrogen) atoms. The van der Waals surface area contributed by atoms with Gasteiger partial charge < -0.3 is 9.84 Å². The van der Waals surface area contributed by atoms with Crippen molar-refractivity contribution in [2.24, 2.45) is 0 Å². The van der Waals surface area contributed by atoms with E-state index in [1.54, 1.807) is 0 Å². The molecular formula is C11H13ClF3NO4S. The molecule has 0 spiro atoms. The smallest absolute Gasteiger partial charge is 0.394 e. The average Bonchev–Trinajstić information content (AvgIpc) is 2.37. The van der Waals surface area contributed by atoms with E-state index >= 15 is 0 Å². The van der Waals surface area contributed by atoms with Crippen LogP contribution in [0.15, 0.2) is 23.1 Å². The molecule has 0 fully saturated rings. The summed E-state index contributed by atoms with van der Waals surface area (Å²) in [4.78, 5) is -0.901. The Morgan fingerprint density at radius 1 is 1.29 bits per heavy atom. The SMILES string of the molecule is O=S(=O)(NCCOCCO)c1ccc(Cl)cc1C(F)(F)F. The molecule has 0 heterocycles. The zero-order valence-electron chi connectivity index (χ0n) is 10.7. The van der Waals surface area contributed by atoms with Gasteiger partial charge in [-0.2, -0.15) is 13.2 Å². The number of aliphatic hydroxyl groups excluding tert-OH is 1. The molecule has 0 amide bonds. The maximum atomic E-state index is 12.8. The Labute approximate surface area is 124 Å². The normalized spacial score (nSPS) is 12.6. The number of hydrogen-bond acceptors (Lipinski definition) is 4. The fourth-order valence-corrected chi connectivity index (χ4v) is 2.84. The van der Waals surface area contributed by atoms with Gasteiger partial charge in [0.15, 0.2) is 0 Å². The summed E-state index contributed by atoms with van der Waals surface area (Å²) < 4.78 is 69.1. The molecule has 1 aromatic rings. The van der Waals surface area contributed by atoms with Crippen LogP contribution in [-0.2, 0) is 20.9 Å². The number of nitrogens with one attached hydrogen (secondary N) is 1. The number of hydrogen-bond donors (Lipinski definition) is 2. The Kier molecular flexibility index (Phi) is 6.41. The molecule has 0 aromatic heterocycles. The molecule has 0 radical (unpaired) electrons. The summed E-state index contributed by atoms with van der Waals surface area (Å²) >= 11 is 5.48. The topological polar surface area (TPSA) is 75.6 Å². The van der Waals surface area contributed by atoms with Crippen molar-refractivity contribution in [1.29, 1.82) is 0 Å². The second kappa shape index (κ2) is 7.41. The summed E-state index contributed by atoms with van der Waals surface area (Å²) in [5, 5.41) is 8.24. The van der Waals surface area contributed by atoms with Gasteiger partial charge >= 0.3 is 6.18 Å². The number of alkyl halides is 3. The maximum Gasteiger partial charge on any atom is 0.417 e. The molecule has 0 unspecified atom stereocenters. The number of halogens is 4. The summed E-state index contributed by atoms with van der Waals surface area (Å²) in [6, 6.07) is 2.41. The lowest BCUT2D eigenvalue weighted by molar-refractivity contribution is -0.139. The summed E-state index contributed by atoms with van der Waals surface area (Å²) in [5.74, 6) is 0. The minimum atomic E-state index is -4.84. The van der Waals surface area contributed by atoms with Crippen molar-refractivity contribution in [3.05, 3.63) is 28.8 Å². The van der Waals surface area contributed by atoms with E-state index in [-0.39, 0.29) is 31.4 Å². The number of aliphatic hydroxyl groups is 1. The van der Waals surface area contributed by atoms with Gasteiger partial charge in [-0.3, -0.25) is 0 Å². The van der Waals surface area contributed by atoms with E-state index in [1.807, 2.05) is 4.72 Å².